The molecule has 0 aromatic heterocycles. The van der Waals surface area contributed by atoms with E-state index < -0.39 is 0 Å². The zero-order valence-electron chi connectivity index (χ0n) is 18.1. The fourth-order valence-corrected chi connectivity index (χ4v) is 5.48. The molecule has 0 saturated carbocycles. The van der Waals surface area contributed by atoms with Crippen LogP contribution in [-0.4, -0.2) is 74.6 Å². The second-order valence-electron chi connectivity index (χ2n) is 8.85. The van der Waals surface area contributed by atoms with Crippen LogP contribution >= 0.6 is 0 Å². The van der Waals surface area contributed by atoms with E-state index in [1.165, 1.54) is 6.42 Å². The molecule has 4 rings (SSSR count). The normalized spacial score (nSPS) is 26.1. The van der Waals surface area contributed by atoms with Crippen LogP contribution in [0.15, 0.2) is 18.2 Å². The minimum absolute atomic E-state index is 0.0760. The minimum Gasteiger partial charge on any atom is -0.493 e. The van der Waals surface area contributed by atoms with E-state index in [1.54, 1.807) is 14.2 Å². The first-order valence-electron chi connectivity index (χ1n) is 11.1. The van der Waals surface area contributed by atoms with Gasteiger partial charge in [0.25, 0.3) is 0 Å². The van der Waals surface area contributed by atoms with Gasteiger partial charge in [0.05, 0.1) is 20.8 Å². The van der Waals surface area contributed by atoms with Crippen LogP contribution in [0.25, 0.3) is 0 Å². The van der Waals surface area contributed by atoms with Gasteiger partial charge in [0.15, 0.2) is 11.5 Å². The lowest BCUT2D eigenvalue weighted by Crippen LogP contribution is -2.61. The van der Waals surface area contributed by atoms with Crippen molar-refractivity contribution in [2.24, 2.45) is 11.8 Å². The summed E-state index contributed by atoms with van der Waals surface area (Å²) >= 11 is 0. The van der Waals surface area contributed by atoms with Crippen LogP contribution in [0, 0.1) is 11.8 Å². The van der Waals surface area contributed by atoms with Crippen LogP contribution in [0.1, 0.15) is 31.2 Å². The first kappa shape index (κ1) is 21.0. The van der Waals surface area contributed by atoms with E-state index in [4.69, 9.17) is 9.47 Å². The topological polar surface area (TPSA) is 71.1 Å². The zero-order valence-corrected chi connectivity index (χ0v) is 18.1. The molecule has 2 amide bonds. The van der Waals surface area contributed by atoms with Gasteiger partial charge in [-0.25, -0.2) is 0 Å². The first-order valence-corrected chi connectivity index (χ1v) is 11.1. The van der Waals surface area contributed by atoms with E-state index in [-0.39, 0.29) is 5.91 Å². The van der Waals surface area contributed by atoms with Crippen LogP contribution in [0.5, 0.6) is 11.5 Å². The maximum absolute atomic E-state index is 12.5. The maximum atomic E-state index is 12.5. The summed E-state index contributed by atoms with van der Waals surface area (Å²) in [5.41, 5.74) is 1.10. The van der Waals surface area contributed by atoms with Gasteiger partial charge in [-0.05, 0) is 55.2 Å². The van der Waals surface area contributed by atoms with Crippen molar-refractivity contribution in [2.75, 3.05) is 46.9 Å². The Balaban J connectivity index is 1.25. The molecule has 3 heterocycles. The van der Waals surface area contributed by atoms with Crippen molar-refractivity contribution < 1.29 is 19.1 Å². The molecular formula is C23H33N3O4. The second kappa shape index (κ2) is 9.25. The molecule has 3 aliphatic rings. The van der Waals surface area contributed by atoms with Crippen molar-refractivity contribution in [2.45, 2.75) is 38.1 Å². The molecule has 3 saturated heterocycles. The molecule has 0 spiro atoms. The highest BCUT2D eigenvalue weighted by atomic mass is 16.5. The van der Waals surface area contributed by atoms with Crippen molar-refractivity contribution >= 4 is 11.8 Å². The molecule has 7 heteroatoms. The summed E-state index contributed by atoms with van der Waals surface area (Å²) < 4.78 is 10.6. The SMILES string of the molecule is COc1ccc(CCNC(=O)CN2CC3CC(C2)[C@H]2CCCC(=O)N2C3)cc1OC. The number of rotatable bonds is 7. The first-order chi connectivity index (χ1) is 14.6. The lowest BCUT2D eigenvalue weighted by atomic mass is 9.76. The number of nitrogens with zero attached hydrogens (tertiary/aromatic N) is 2. The van der Waals surface area contributed by atoms with Gasteiger partial charge in [-0.3, -0.25) is 14.5 Å². The number of nitrogens with one attached hydrogen (secondary N) is 1. The summed E-state index contributed by atoms with van der Waals surface area (Å²) in [7, 11) is 3.25. The predicted octanol–water partition coefficient (Wildman–Crippen LogP) is 1.70. The molecule has 3 aliphatic heterocycles. The van der Waals surface area contributed by atoms with Gasteiger partial charge in [-0.2, -0.15) is 0 Å². The Morgan fingerprint density at radius 2 is 2.00 bits per heavy atom. The Bertz CT molecular complexity index is 784. The number of carbonyl (C=O) groups excluding carboxylic acids is 2. The average Bonchev–Trinajstić information content (AvgIpc) is 2.74. The van der Waals surface area contributed by atoms with E-state index in [0.717, 1.165) is 44.5 Å². The number of piperidine rings is 3. The number of fused-ring (bicyclic) bond motifs is 4. The third-order valence-electron chi connectivity index (χ3n) is 6.81. The molecule has 2 bridgehead atoms. The van der Waals surface area contributed by atoms with Crippen molar-refractivity contribution in [1.82, 2.24) is 15.1 Å². The van der Waals surface area contributed by atoms with Crippen molar-refractivity contribution in [3.63, 3.8) is 0 Å². The van der Waals surface area contributed by atoms with E-state index in [0.29, 0.717) is 54.8 Å². The third-order valence-corrected chi connectivity index (χ3v) is 6.81. The van der Waals surface area contributed by atoms with Crippen molar-refractivity contribution in [3.05, 3.63) is 23.8 Å². The van der Waals surface area contributed by atoms with E-state index in [2.05, 4.69) is 15.1 Å². The summed E-state index contributed by atoms with van der Waals surface area (Å²) in [5, 5.41) is 3.06. The number of methoxy groups -OCH3 is 2. The molecule has 164 valence electrons. The summed E-state index contributed by atoms with van der Waals surface area (Å²) in [4.78, 5) is 29.2. The van der Waals surface area contributed by atoms with Gasteiger partial charge >= 0.3 is 0 Å². The summed E-state index contributed by atoms with van der Waals surface area (Å²) in [6.45, 7) is 3.75. The van der Waals surface area contributed by atoms with Gasteiger partial charge < -0.3 is 19.7 Å². The number of amides is 2. The molecule has 3 atom stereocenters. The molecule has 3 fully saturated rings. The molecule has 2 unspecified atom stereocenters. The Hall–Kier alpha value is -2.28. The molecule has 7 nitrogen and oxygen atoms in total. The molecule has 1 aromatic carbocycles. The lowest BCUT2D eigenvalue weighted by Gasteiger charge is -2.52. The smallest absolute Gasteiger partial charge is 0.234 e. The van der Waals surface area contributed by atoms with Gasteiger partial charge in [-0.1, -0.05) is 6.07 Å². The lowest BCUT2D eigenvalue weighted by molar-refractivity contribution is -0.145. The minimum atomic E-state index is 0.0760. The molecular weight excluding hydrogens is 382 g/mol. The highest BCUT2D eigenvalue weighted by molar-refractivity contribution is 5.78. The van der Waals surface area contributed by atoms with Gasteiger partial charge in [0.1, 0.15) is 0 Å². The van der Waals surface area contributed by atoms with Gasteiger partial charge in [0, 0.05) is 38.6 Å². The standard InChI is InChI=1S/C23H33N3O4/c1-29-20-7-6-16(11-21(20)30-2)8-9-24-22(27)15-25-12-17-10-18(14-25)19-4-3-5-23(28)26(19)13-17/h6-7,11,17-19H,3-5,8-10,12-15H2,1-2H3,(H,24,27)/t17?,18?,19-/m1/s1. The van der Waals surface area contributed by atoms with Crippen molar-refractivity contribution in [1.29, 1.82) is 0 Å². The van der Waals surface area contributed by atoms with Crippen LogP contribution < -0.4 is 14.8 Å². The van der Waals surface area contributed by atoms with E-state index in [1.807, 2.05) is 18.2 Å². The van der Waals surface area contributed by atoms with E-state index in [9.17, 15) is 9.59 Å². The molecule has 0 aliphatic carbocycles. The zero-order chi connectivity index (χ0) is 21.1. The highest BCUT2D eigenvalue weighted by Crippen LogP contribution is 2.37. The van der Waals surface area contributed by atoms with E-state index >= 15 is 0 Å². The number of ether oxygens (including phenoxy) is 2. The van der Waals surface area contributed by atoms with Crippen LogP contribution in [-0.2, 0) is 16.0 Å². The number of benzene rings is 1. The Labute approximate surface area is 178 Å². The average molecular weight is 416 g/mol. The monoisotopic (exact) mass is 415 g/mol. The Morgan fingerprint density at radius 1 is 1.17 bits per heavy atom. The fraction of sp³-hybridized carbons (Fsp3) is 0.652. The second-order valence-corrected chi connectivity index (χ2v) is 8.85. The molecule has 0 radical (unpaired) electrons. The third kappa shape index (κ3) is 4.56. The maximum Gasteiger partial charge on any atom is 0.234 e. The number of hydrogen-bond donors (Lipinski definition) is 1. The fourth-order valence-electron chi connectivity index (χ4n) is 5.48. The Kier molecular flexibility index (Phi) is 6.46. The van der Waals surface area contributed by atoms with Gasteiger partial charge in [0.2, 0.25) is 11.8 Å². The van der Waals surface area contributed by atoms with Crippen LogP contribution in [0.3, 0.4) is 0 Å². The molecule has 1 aromatic rings. The molecule has 30 heavy (non-hydrogen) atoms. The van der Waals surface area contributed by atoms with Crippen molar-refractivity contribution in [3.8, 4) is 11.5 Å². The largest absolute Gasteiger partial charge is 0.493 e. The number of carbonyl (C=O) groups is 2. The number of hydrogen-bond acceptors (Lipinski definition) is 5. The van der Waals surface area contributed by atoms with Crippen LogP contribution in [0.4, 0.5) is 0 Å². The summed E-state index contributed by atoms with van der Waals surface area (Å²) in [5.74, 6) is 2.84. The highest BCUT2D eigenvalue weighted by Gasteiger charge is 2.43. The Morgan fingerprint density at radius 3 is 2.80 bits per heavy atom. The summed E-state index contributed by atoms with van der Waals surface area (Å²) in [6.07, 6.45) is 4.79. The predicted molar refractivity (Wildman–Crippen MR) is 114 cm³/mol. The summed E-state index contributed by atoms with van der Waals surface area (Å²) in [6, 6.07) is 6.23. The molecule has 1 N–H and O–H groups in total. The quantitative estimate of drug-likeness (QED) is 0.734. The number of likely N-dealkylation sites (tertiary alicyclic amines) is 1. The van der Waals surface area contributed by atoms with Gasteiger partial charge in [-0.15, -0.1) is 0 Å². The van der Waals surface area contributed by atoms with Crippen LogP contribution in [0.2, 0.25) is 0 Å².